The molecule has 0 aliphatic heterocycles. The van der Waals surface area contributed by atoms with Crippen LogP contribution in [0.2, 0.25) is 0 Å². The van der Waals surface area contributed by atoms with Gasteiger partial charge in [0.25, 0.3) is 11.6 Å². The predicted molar refractivity (Wildman–Crippen MR) is 94.1 cm³/mol. The molecule has 25 heavy (non-hydrogen) atoms. The first-order valence-corrected chi connectivity index (χ1v) is 8.28. The summed E-state index contributed by atoms with van der Waals surface area (Å²) in [5, 5.41) is 13.9. The van der Waals surface area contributed by atoms with Crippen molar-refractivity contribution in [3.8, 4) is 5.75 Å². The second kappa shape index (κ2) is 7.34. The first-order valence-electron chi connectivity index (χ1n) is 8.28. The Labute approximate surface area is 146 Å². The van der Waals surface area contributed by atoms with E-state index in [-0.39, 0.29) is 23.1 Å². The molecular weight excluding hydrogens is 320 g/mol. The van der Waals surface area contributed by atoms with E-state index in [0.29, 0.717) is 12.3 Å². The van der Waals surface area contributed by atoms with Gasteiger partial charge < -0.3 is 10.1 Å². The van der Waals surface area contributed by atoms with Crippen molar-refractivity contribution in [2.75, 3.05) is 13.7 Å². The van der Waals surface area contributed by atoms with E-state index in [1.165, 1.54) is 36.4 Å². The van der Waals surface area contributed by atoms with Crippen LogP contribution < -0.4 is 10.1 Å². The number of carbonyl (C=O) groups is 1. The lowest BCUT2D eigenvalue weighted by molar-refractivity contribution is -0.384. The summed E-state index contributed by atoms with van der Waals surface area (Å²) in [6.07, 6.45) is 3.18. The van der Waals surface area contributed by atoms with Crippen LogP contribution in [0.3, 0.4) is 0 Å². The zero-order chi connectivity index (χ0) is 17.8. The number of nitrogens with one attached hydrogen (secondary N) is 1. The highest BCUT2D eigenvalue weighted by molar-refractivity contribution is 5.97. The minimum absolute atomic E-state index is 0.131. The molecule has 0 spiro atoms. The lowest BCUT2D eigenvalue weighted by Crippen LogP contribution is -2.30. The molecule has 2 aromatic carbocycles. The van der Waals surface area contributed by atoms with Gasteiger partial charge in [-0.05, 0) is 36.5 Å². The molecule has 1 amide bonds. The highest BCUT2D eigenvalue weighted by Crippen LogP contribution is 2.31. The molecule has 3 rings (SSSR count). The molecule has 0 fully saturated rings. The zero-order valence-corrected chi connectivity index (χ0v) is 14.0. The summed E-state index contributed by atoms with van der Waals surface area (Å²) in [7, 11) is 1.44. The monoisotopic (exact) mass is 340 g/mol. The number of hydrogen-bond donors (Lipinski definition) is 1. The van der Waals surface area contributed by atoms with Crippen molar-refractivity contribution in [3.05, 3.63) is 69.3 Å². The van der Waals surface area contributed by atoms with E-state index in [4.69, 9.17) is 4.74 Å². The van der Waals surface area contributed by atoms with E-state index in [1.54, 1.807) is 0 Å². The molecule has 0 heterocycles. The summed E-state index contributed by atoms with van der Waals surface area (Å²) in [4.78, 5) is 23.0. The number of methoxy groups -OCH3 is 1. The summed E-state index contributed by atoms with van der Waals surface area (Å²) in [6.45, 7) is 0.502. The second-order valence-electron chi connectivity index (χ2n) is 6.14. The predicted octanol–water partition coefficient (Wildman–Crippen LogP) is 3.45. The van der Waals surface area contributed by atoms with Gasteiger partial charge in [-0.3, -0.25) is 14.9 Å². The summed E-state index contributed by atoms with van der Waals surface area (Å²) in [6, 6.07) is 12.3. The fourth-order valence-electron chi connectivity index (χ4n) is 3.36. The van der Waals surface area contributed by atoms with Crippen LogP contribution in [0.5, 0.6) is 5.75 Å². The first-order chi connectivity index (χ1) is 12.1. The van der Waals surface area contributed by atoms with Gasteiger partial charge in [-0.25, -0.2) is 0 Å². The number of carbonyl (C=O) groups excluding carboxylic acids is 1. The molecule has 0 unspecified atom stereocenters. The molecule has 0 radical (unpaired) electrons. The topological polar surface area (TPSA) is 81.5 Å². The molecule has 0 aromatic heterocycles. The Hall–Kier alpha value is -2.89. The van der Waals surface area contributed by atoms with E-state index in [2.05, 4.69) is 17.4 Å². The van der Waals surface area contributed by atoms with Crippen LogP contribution in [-0.4, -0.2) is 24.5 Å². The maximum absolute atomic E-state index is 12.5. The van der Waals surface area contributed by atoms with Gasteiger partial charge in [0.15, 0.2) is 0 Å². The highest BCUT2D eigenvalue weighted by Gasteiger charge is 2.22. The standard InChI is InChI=1S/C19H20N2O4/c1-25-18-10-9-15(21(23)24)11-17(18)19(22)20-12-14-7-4-6-13-5-2-3-8-16(13)14/h2-3,5,8-11,14H,4,6-7,12H2,1H3,(H,20,22)/t14-/m1/s1. The average molecular weight is 340 g/mol. The van der Waals surface area contributed by atoms with Gasteiger partial charge in [-0.15, -0.1) is 0 Å². The Bertz CT molecular complexity index is 804. The Kier molecular flexibility index (Phi) is 4.97. The van der Waals surface area contributed by atoms with Crippen LogP contribution >= 0.6 is 0 Å². The van der Waals surface area contributed by atoms with E-state index >= 15 is 0 Å². The molecule has 130 valence electrons. The van der Waals surface area contributed by atoms with Crippen molar-refractivity contribution in [3.63, 3.8) is 0 Å². The lowest BCUT2D eigenvalue weighted by Gasteiger charge is -2.25. The third-order valence-electron chi connectivity index (χ3n) is 4.64. The van der Waals surface area contributed by atoms with E-state index in [1.807, 2.05) is 12.1 Å². The van der Waals surface area contributed by atoms with Crippen molar-refractivity contribution in [1.29, 1.82) is 0 Å². The lowest BCUT2D eigenvalue weighted by atomic mass is 9.83. The van der Waals surface area contributed by atoms with Crippen LogP contribution in [0.1, 0.15) is 40.2 Å². The van der Waals surface area contributed by atoms with Crippen LogP contribution in [0, 0.1) is 10.1 Å². The van der Waals surface area contributed by atoms with Crippen molar-refractivity contribution in [1.82, 2.24) is 5.32 Å². The molecule has 1 atom stereocenters. The second-order valence-corrected chi connectivity index (χ2v) is 6.14. The SMILES string of the molecule is COc1ccc([N+](=O)[O-])cc1C(=O)NC[C@H]1CCCc2ccccc21. The maximum Gasteiger partial charge on any atom is 0.270 e. The minimum Gasteiger partial charge on any atom is -0.496 e. The summed E-state index contributed by atoms with van der Waals surface area (Å²) in [5.74, 6) is 0.231. The Morgan fingerprint density at radius 3 is 2.88 bits per heavy atom. The molecule has 0 saturated carbocycles. The van der Waals surface area contributed by atoms with Crippen LogP contribution in [0.25, 0.3) is 0 Å². The van der Waals surface area contributed by atoms with Gasteiger partial charge in [0.1, 0.15) is 5.75 Å². The summed E-state index contributed by atoms with van der Waals surface area (Å²) in [5.41, 5.74) is 2.66. The number of benzene rings is 2. The number of amides is 1. The number of aryl methyl sites for hydroxylation is 1. The fraction of sp³-hybridized carbons (Fsp3) is 0.316. The largest absolute Gasteiger partial charge is 0.496 e. The average Bonchev–Trinajstić information content (AvgIpc) is 2.65. The van der Waals surface area contributed by atoms with Crippen molar-refractivity contribution >= 4 is 11.6 Å². The molecule has 2 aromatic rings. The molecule has 1 aliphatic carbocycles. The van der Waals surface area contributed by atoms with Crippen molar-refractivity contribution in [2.45, 2.75) is 25.2 Å². The summed E-state index contributed by atoms with van der Waals surface area (Å²) >= 11 is 0. The molecule has 0 saturated heterocycles. The zero-order valence-electron chi connectivity index (χ0n) is 14.0. The Morgan fingerprint density at radius 2 is 2.12 bits per heavy atom. The van der Waals surface area contributed by atoms with Gasteiger partial charge in [0, 0.05) is 24.6 Å². The van der Waals surface area contributed by atoms with Gasteiger partial charge in [0.2, 0.25) is 0 Å². The van der Waals surface area contributed by atoms with Gasteiger partial charge in [0.05, 0.1) is 17.6 Å². The fourth-order valence-corrected chi connectivity index (χ4v) is 3.36. The van der Waals surface area contributed by atoms with Crippen LogP contribution in [0.15, 0.2) is 42.5 Å². The van der Waals surface area contributed by atoms with Gasteiger partial charge in [-0.2, -0.15) is 0 Å². The number of rotatable bonds is 5. The number of fused-ring (bicyclic) bond motifs is 1. The maximum atomic E-state index is 12.5. The minimum atomic E-state index is -0.520. The van der Waals surface area contributed by atoms with Gasteiger partial charge in [-0.1, -0.05) is 24.3 Å². The van der Waals surface area contributed by atoms with Crippen LogP contribution in [0.4, 0.5) is 5.69 Å². The molecular formula is C19H20N2O4. The van der Waals surface area contributed by atoms with Gasteiger partial charge >= 0.3 is 0 Å². The van der Waals surface area contributed by atoms with Crippen molar-refractivity contribution < 1.29 is 14.5 Å². The number of nitro benzene ring substituents is 1. The number of non-ortho nitro benzene ring substituents is 1. The third kappa shape index (κ3) is 3.63. The Morgan fingerprint density at radius 1 is 1.32 bits per heavy atom. The quantitative estimate of drug-likeness (QED) is 0.667. The third-order valence-corrected chi connectivity index (χ3v) is 4.64. The normalized spacial score (nSPS) is 16.0. The van der Waals surface area contributed by atoms with E-state index in [9.17, 15) is 14.9 Å². The molecule has 6 nitrogen and oxygen atoms in total. The number of ether oxygens (including phenoxy) is 1. The number of nitro groups is 1. The Balaban J connectivity index is 1.75. The highest BCUT2D eigenvalue weighted by atomic mass is 16.6. The van der Waals surface area contributed by atoms with Crippen LogP contribution in [-0.2, 0) is 6.42 Å². The van der Waals surface area contributed by atoms with E-state index < -0.39 is 4.92 Å². The molecule has 0 bridgehead atoms. The van der Waals surface area contributed by atoms with Crippen molar-refractivity contribution in [2.24, 2.45) is 0 Å². The molecule has 1 aliphatic rings. The molecule has 1 N–H and O–H groups in total. The number of nitrogens with zero attached hydrogens (tertiary/aromatic N) is 1. The summed E-state index contributed by atoms with van der Waals surface area (Å²) < 4.78 is 5.17. The number of hydrogen-bond acceptors (Lipinski definition) is 4. The molecule has 6 heteroatoms. The first kappa shape index (κ1) is 17.0. The smallest absolute Gasteiger partial charge is 0.270 e. The van der Waals surface area contributed by atoms with E-state index in [0.717, 1.165) is 19.3 Å².